The molecule has 3 aliphatic rings. The summed E-state index contributed by atoms with van der Waals surface area (Å²) in [6.45, 7) is 2.23. The van der Waals surface area contributed by atoms with Gasteiger partial charge >= 0.3 is 11.1 Å². The van der Waals surface area contributed by atoms with Crippen LogP contribution in [0.4, 0.5) is 9.02 Å². The fourth-order valence-electron chi connectivity index (χ4n) is 5.58. The van der Waals surface area contributed by atoms with Gasteiger partial charge in [-0.05, 0) is 29.0 Å². The van der Waals surface area contributed by atoms with Gasteiger partial charge in [0.05, 0.1) is 26.7 Å². The van der Waals surface area contributed by atoms with E-state index in [0.717, 1.165) is 25.9 Å². The van der Waals surface area contributed by atoms with Crippen molar-refractivity contribution in [3.63, 3.8) is 0 Å². The lowest BCUT2D eigenvalue weighted by molar-refractivity contribution is -0.939. The molecule has 0 spiro atoms. The molecule has 3 saturated heterocycles. The Bertz CT molecular complexity index is 1390. The molecule has 1 aromatic carbocycles. The van der Waals surface area contributed by atoms with Crippen molar-refractivity contribution in [1.82, 2.24) is 4.98 Å². The number of carbonyl (C=O) groups excluding carboxylic acids is 2. The number of nitrogens with zero attached hydrogens (tertiary/aromatic N) is 2. The Morgan fingerprint density at radius 3 is 2.41 bits per heavy atom. The van der Waals surface area contributed by atoms with E-state index in [-0.39, 0.29) is 23.5 Å². The number of nitrogens with one attached hydrogen (secondary N) is 1. The van der Waals surface area contributed by atoms with Crippen LogP contribution in [-0.2, 0) is 19.9 Å². The van der Waals surface area contributed by atoms with Crippen LogP contribution in [0.3, 0.4) is 0 Å². The number of halogens is 1. The molecular weight excluding hydrogens is 534 g/mol. The largest absolute Gasteiger partial charge is 0.453 e. The van der Waals surface area contributed by atoms with Gasteiger partial charge in [0.25, 0.3) is 16.8 Å². The number of esters is 1. The van der Waals surface area contributed by atoms with Gasteiger partial charge in [-0.2, -0.15) is 4.98 Å². The highest BCUT2D eigenvalue weighted by atomic mass is 32.2. The number of benzene rings is 1. The van der Waals surface area contributed by atoms with E-state index in [9.17, 15) is 18.6 Å². The summed E-state index contributed by atoms with van der Waals surface area (Å²) < 4.78 is 21.8. The lowest BCUT2D eigenvalue weighted by atomic mass is 9.83. The molecule has 6 heterocycles. The van der Waals surface area contributed by atoms with Gasteiger partial charge < -0.3 is 14.3 Å². The molecule has 2 N–H and O–H groups in total. The van der Waals surface area contributed by atoms with Crippen LogP contribution >= 0.6 is 33.5 Å². The summed E-state index contributed by atoms with van der Waals surface area (Å²) in [4.78, 5) is 31.8. The SMILES string of the molecule is O=C(C[N+]12CCC(CC1)[C@@H](OC(=O)C(O)(c1cccs1)c1cccs1)C2)Nc1nc2ccccc2[s+]1F. The average molecular weight is 560 g/mol. The minimum atomic E-state index is -1.86. The molecule has 11 heteroatoms. The van der Waals surface area contributed by atoms with Gasteiger partial charge in [0.1, 0.15) is 12.1 Å². The van der Waals surface area contributed by atoms with Gasteiger partial charge in [-0.1, -0.05) is 24.3 Å². The number of thiophene rings is 2. The van der Waals surface area contributed by atoms with Gasteiger partial charge in [-0.3, -0.25) is 10.1 Å². The quantitative estimate of drug-likeness (QED) is 0.192. The zero-order valence-electron chi connectivity index (χ0n) is 19.8. The molecule has 4 aromatic rings. The van der Waals surface area contributed by atoms with E-state index >= 15 is 0 Å². The number of quaternary nitrogens is 1. The summed E-state index contributed by atoms with van der Waals surface area (Å²) in [5, 5.41) is 18.0. The second-order valence-electron chi connectivity index (χ2n) is 9.76. The van der Waals surface area contributed by atoms with E-state index in [2.05, 4.69) is 10.3 Å². The summed E-state index contributed by atoms with van der Waals surface area (Å²) in [7, 11) is -1.76. The molecule has 3 aromatic heterocycles. The standard InChI is InChI=1S/C26H25FN3O4S3/c27-37-20-6-2-1-5-18(20)28-25(37)29-23(31)16-30-11-9-17(10-12-30)19(15-30)34-24(32)26(33,21-7-3-13-35-21)22-8-4-14-36-22/h1-8,13-14,17,19,33H,9-12,15-16H2/q+1/p+1/t17?,19-,30?,37?/m0/s1. The Balaban J connectivity index is 1.18. The molecule has 1 amide bonds. The summed E-state index contributed by atoms with van der Waals surface area (Å²) in [5.41, 5.74) is -1.31. The maximum Gasteiger partial charge on any atom is 0.390 e. The predicted octanol–water partition coefficient (Wildman–Crippen LogP) is 4.87. The van der Waals surface area contributed by atoms with Crippen molar-refractivity contribution in [2.24, 2.45) is 5.92 Å². The van der Waals surface area contributed by atoms with E-state index in [1.165, 1.54) is 22.7 Å². The average Bonchev–Trinajstić information content (AvgIpc) is 3.67. The third-order valence-corrected chi connectivity index (χ3v) is 10.7. The maximum absolute atomic E-state index is 14.9. The first-order valence-electron chi connectivity index (χ1n) is 12.1. The molecule has 1 unspecified atom stereocenters. The Morgan fingerprint density at radius 1 is 1.11 bits per heavy atom. The van der Waals surface area contributed by atoms with Crippen molar-refractivity contribution in [1.29, 1.82) is 0 Å². The van der Waals surface area contributed by atoms with Crippen LogP contribution in [0.15, 0.2) is 59.3 Å². The van der Waals surface area contributed by atoms with Gasteiger partial charge in [0.15, 0.2) is 12.6 Å². The molecular formula is C26H26FN3O4S3+2. The Morgan fingerprint density at radius 2 is 1.78 bits per heavy atom. The van der Waals surface area contributed by atoms with Crippen molar-refractivity contribution in [3.05, 3.63) is 69.0 Å². The van der Waals surface area contributed by atoms with Crippen LogP contribution in [0, 0.1) is 5.92 Å². The Hall–Kier alpha value is -2.70. The molecule has 192 valence electrons. The highest BCUT2D eigenvalue weighted by Gasteiger charge is 2.52. The fraction of sp³-hybridized carbons (Fsp3) is 0.346. The third kappa shape index (κ3) is 4.38. The zero-order chi connectivity index (χ0) is 25.6. The monoisotopic (exact) mass is 559 g/mol. The van der Waals surface area contributed by atoms with E-state index in [0.29, 0.717) is 31.0 Å². The van der Waals surface area contributed by atoms with E-state index in [4.69, 9.17) is 4.74 Å². The minimum Gasteiger partial charge on any atom is -0.453 e. The number of anilines is 1. The molecule has 7 nitrogen and oxygen atoms in total. The summed E-state index contributed by atoms with van der Waals surface area (Å²) in [6, 6.07) is 14.0. The van der Waals surface area contributed by atoms with Gasteiger partial charge in [-0.25, -0.2) is 4.79 Å². The molecule has 0 aliphatic carbocycles. The molecule has 37 heavy (non-hydrogen) atoms. The number of rotatable bonds is 7. The van der Waals surface area contributed by atoms with E-state index in [1.54, 1.807) is 48.5 Å². The second kappa shape index (κ2) is 9.55. The number of piperidine rings is 3. The molecule has 3 fully saturated rings. The Labute approximate surface area is 224 Å². The zero-order valence-corrected chi connectivity index (χ0v) is 22.3. The highest BCUT2D eigenvalue weighted by molar-refractivity contribution is 7.35. The predicted molar refractivity (Wildman–Crippen MR) is 143 cm³/mol. The molecule has 7 rings (SSSR count). The van der Waals surface area contributed by atoms with Gasteiger partial charge in [0, 0.05) is 24.8 Å². The number of para-hydroxylation sites is 1. The number of fused-ring (bicyclic) bond motifs is 4. The smallest absolute Gasteiger partial charge is 0.390 e. The molecule has 2 atom stereocenters. The fourth-order valence-corrected chi connectivity index (χ4v) is 8.38. The van der Waals surface area contributed by atoms with E-state index < -0.39 is 28.5 Å². The van der Waals surface area contributed by atoms with Crippen molar-refractivity contribution in [2.45, 2.75) is 24.5 Å². The van der Waals surface area contributed by atoms with E-state index in [1.807, 2.05) is 10.8 Å². The van der Waals surface area contributed by atoms with Crippen LogP contribution in [0.1, 0.15) is 22.6 Å². The number of aliphatic hydroxyl groups is 1. The second-order valence-corrected chi connectivity index (χ2v) is 13.0. The normalized spacial score (nSPS) is 23.8. The first-order valence-corrected chi connectivity index (χ1v) is 15.0. The van der Waals surface area contributed by atoms with Gasteiger partial charge in [-0.15, -0.1) is 22.7 Å². The lowest BCUT2D eigenvalue weighted by Gasteiger charge is -2.51. The Kier molecular flexibility index (Phi) is 6.36. The molecule has 0 saturated carbocycles. The maximum atomic E-state index is 14.9. The van der Waals surface area contributed by atoms with Crippen molar-refractivity contribution in [2.75, 3.05) is 31.5 Å². The summed E-state index contributed by atoms with van der Waals surface area (Å²) in [5.74, 6) is -0.785. The molecule has 0 radical (unpaired) electrons. The number of thiazole rings is 1. The van der Waals surface area contributed by atoms with Crippen LogP contribution in [0.5, 0.6) is 0 Å². The molecule has 3 aliphatic heterocycles. The van der Waals surface area contributed by atoms with Crippen LogP contribution in [0.2, 0.25) is 0 Å². The third-order valence-electron chi connectivity index (χ3n) is 7.53. The summed E-state index contributed by atoms with van der Waals surface area (Å²) in [6.07, 6.45) is 1.24. The molecule has 2 bridgehead atoms. The number of ether oxygens (including phenoxy) is 1. The number of hydrogen-bond donors (Lipinski definition) is 2. The topological polar surface area (TPSA) is 88.5 Å². The lowest BCUT2D eigenvalue weighted by Crippen LogP contribution is -2.66. The van der Waals surface area contributed by atoms with Crippen LogP contribution in [-0.4, -0.2) is 58.7 Å². The van der Waals surface area contributed by atoms with Crippen LogP contribution in [0.25, 0.3) is 10.2 Å². The minimum absolute atomic E-state index is 0.0521. The first kappa shape index (κ1) is 24.6. The van der Waals surface area contributed by atoms with Crippen molar-refractivity contribution >= 4 is 60.8 Å². The van der Waals surface area contributed by atoms with Gasteiger partial charge in [0.2, 0.25) is 10.3 Å². The number of amides is 1. The number of aromatic nitrogens is 1. The summed E-state index contributed by atoms with van der Waals surface area (Å²) >= 11 is 2.62. The van der Waals surface area contributed by atoms with Crippen molar-refractivity contribution in [3.8, 4) is 0 Å². The first-order chi connectivity index (χ1) is 17.9. The van der Waals surface area contributed by atoms with Crippen molar-refractivity contribution < 1.29 is 27.8 Å². The van der Waals surface area contributed by atoms with Crippen LogP contribution < -0.4 is 5.32 Å². The number of carbonyl (C=O) groups is 2. The number of hydrogen-bond acceptors (Lipinski definition) is 7. The highest BCUT2D eigenvalue weighted by Crippen LogP contribution is 2.41.